The van der Waals surface area contributed by atoms with Gasteiger partial charge in [-0.2, -0.15) is 0 Å². The Labute approximate surface area is 239 Å². The number of phenols is 2. The van der Waals surface area contributed by atoms with Gasteiger partial charge in [0.05, 0.1) is 12.2 Å². The van der Waals surface area contributed by atoms with Gasteiger partial charge in [-0.1, -0.05) is 33.8 Å². The van der Waals surface area contributed by atoms with E-state index in [1.165, 1.54) is 25.0 Å². The molecule has 3 rings (SSSR count). The van der Waals surface area contributed by atoms with Crippen molar-refractivity contribution in [2.75, 3.05) is 13.1 Å². The summed E-state index contributed by atoms with van der Waals surface area (Å²) in [5, 5.41) is 29.6. The largest absolute Gasteiger partial charge is 0.504 e. The van der Waals surface area contributed by atoms with Crippen molar-refractivity contribution in [3.63, 3.8) is 0 Å². The number of nitrogens with one attached hydrogen (secondary N) is 1. The predicted molar refractivity (Wildman–Crippen MR) is 154 cm³/mol. The second-order valence-corrected chi connectivity index (χ2v) is 12.6. The molecule has 0 radical (unpaired) electrons. The highest BCUT2D eigenvalue weighted by atomic mass is 16.5. The standard InChI is InChI=1S/C22H38N2O4.C9H12O3/c1-16(14-17-10-11-21(2,3)22(17,4)5)28-20(27)18-8-7-13-24(18)19(26)9-6-12-23-15-25;1-6(10)4-7-2-3-8(11)9(12)5-7/h15-18H,6-14H2,1-5H3,(H,23,25);2-3,5-6,10-12H,4H2,1H3. The maximum absolute atomic E-state index is 12.7. The van der Waals surface area contributed by atoms with E-state index in [1.54, 1.807) is 17.9 Å². The fourth-order valence-electron chi connectivity index (χ4n) is 5.80. The number of benzene rings is 1. The molecule has 226 valence electrons. The number of aliphatic hydroxyl groups is 1. The molecule has 1 aliphatic carbocycles. The third-order valence-corrected chi connectivity index (χ3v) is 9.03. The highest BCUT2D eigenvalue weighted by Crippen LogP contribution is 2.57. The lowest BCUT2D eigenvalue weighted by Crippen LogP contribution is -2.42. The average molecular weight is 563 g/mol. The summed E-state index contributed by atoms with van der Waals surface area (Å²) in [5.74, 6) is -0.0349. The molecule has 2 amide bonds. The van der Waals surface area contributed by atoms with Crippen molar-refractivity contribution in [2.24, 2.45) is 16.7 Å². The van der Waals surface area contributed by atoms with Crippen LogP contribution in [0.4, 0.5) is 0 Å². The first-order valence-corrected chi connectivity index (χ1v) is 14.6. The maximum Gasteiger partial charge on any atom is 0.329 e. The second-order valence-electron chi connectivity index (χ2n) is 12.6. The SMILES string of the molecule is CC(CC1CCC(C)(C)C1(C)C)OC(=O)C1CCCN1C(=O)CCCNC=O.CC(O)Cc1ccc(O)c(O)c1. The number of carbonyl (C=O) groups is 3. The Hall–Kier alpha value is -2.81. The number of aromatic hydroxyl groups is 2. The number of likely N-dealkylation sites (tertiary alicyclic amines) is 1. The lowest BCUT2D eigenvalue weighted by Gasteiger charge is -2.40. The first-order chi connectivity index (χ1) is 18.7. The number of esters is 1. The number of rotatable bonds is 11. The van der Waals surface area contributed by atoms with E-state index < -0.39 is 12.1 Å². The zero-order valence-corrected chi connectivity index (χ0v) is 25.1. The molecule has 1 aliphatic heterocycles. The van der Waals surface area contributed by atoms with Gasteiger partial charge in [-0.25, -0.2) is 4.79 Å². The topological polar surface area (TPSA) is 136 Å². The number of carbonyl (C=O) groups excluding carboxylic acids is 3. The summed E-state index contributed by atoms with van der Waals surface area (Å²) in [5.41, 5.74) is 1.33. The third kappa shape index (κ3) is 9.11. The Balaban J connectivity index is 0.000000389. The highest BCUT2D eigenvalue weighted by molar-refractivity contribution is 5.85. The van der Waals surface area contributed by atoms with Crippen LogP contribution >= 0.6 is 0 Å². The second kappa shape index (κ2) is 14.7. The first kappa shape index (κ1) is 33.4. The van der Waals surface area contributed by atoms with Gasteiger partial charge >= 0.3 is 5.97 Å². The molecule has 4 N–H and O–H groups in total. The Kier molecular flexibility index (Phi) is 12.3. The zero-order chi connectivity index (χ0) is 30.1. The van der Waals surface area contributed by atoms with Crippen molar-refractivity contribution in [3.05, 3.63) is 23.8 Å². The summed E-state index contributed by atoms with van der Waals surface area (Å²) < 4.78 is 5.79. The van der Waals surface area contributed by atoms with Crippen LogP contribution in [-0.2, 0) is 25.5 Å². The van der Waals surface area contributed by atoms with Crippen molar-refractivity contribution in [3.8, 4) is 11.5 Å². The zero-order valence-electron chi connectivity index (χ0n) is 25.1. The monoisotopic (exact) mass is 562 g/mol. The van der Waals surface area contributed by atoms with Crippen LogP contribution in [0, 0.1) is 16.7 Å². The minimum atomic E-state index is -0.456. The normalized spacial score (nSPS) is 22.5. The van der Waals surface area contributed by atoms with E-state index in [0.717, 1.165) is 18.4 Å². The minimum Gasteiger partial charge on any atom is -0.504 e. The molecule has 0 spiro atoms. The van der Waals surface area contributed by atoms with Gasteiger partial charge < -0.3 is 30.3 Å². The molecule has 0 bridgehead atoms. The Bertz CT molecular complexity index is 992. The molecular weight excluding hydrogens is 512 g/mol. The van der Waals surface area contributed by atoms with Crippen molar-refractivity contribution >= 4 is 18.3 Å². The molecule has 1 heterocycles. The number of ether oxygens (including phenoxy) is 1. The summed E-state index contributed by atoms with van der Waals surface area (Å²) in [7, 11) is 0. The molecule has 40 heavy (non-hydrogen) atoms. The minimum absolute atomic E-state index is 0.0292. The highest BCUT2D eigenvalue weighted by Gasteiger charge is 2.48. The van der Waals surface area contributed by atoms with Crippen LogP contribution < -0.4 is 5.32 Å². The van der Waals surface area contributed by atoms with Crippen LogP contribution in [0.5, 0.6) is 11.5 Å². The molecule has 1 aromatic rings. The van der Waals surface area contributed by atoms with Crippen LogP contribution in [-0.4, -0.2) is 69.8 Å². The van der Waals surface area contributed by atoms with Crippen LogP contribution in [0.2, 0.25) is 0 Å². The van der Waals surface area contributed by atoms with Gasteiger partial charge in [-0.15, -0.1) is 0 Å². The molecule has 9 heteroatoms. The van der Waals surface area contributed by atoms with E-state index in [1.807, 2.05) is 6.92 Å². The molecule has 1 aromatic carbocycles. The van der Waals surface area contributed by atoms with Crippen LogP contribution in [0.15, 0.2) is 18.2 Å². The number of phenolic OH excluding ortho intramolecular Hbond substituents is 2. The molecule has 4 atom stereocenters. The fourth-order valence-corrected chi connectivity index (χ4v) is 5.80. The van der Waals surface area contributed by atoms with Gasteiger partial charge in [0.2, 0.25) is 12.3 Å². The number of aliphatic hydroxyl groups excluding tert-OH is 1. The lowest BCUT2D eigenvalue weighted by atomic mass is 9.66. The molecule has 0 aromatic heterocycles. The van der Waals surface area contributed by atoms with Crippen LogP contribution in [0.25, 0.3) is 0 Å². The summed E-state index contributed by atoms with van der Waals surface area (Å²) in [6.07, 6.45) is 6.21. The van der Waals surface area contributed by atoms with Crippen molar-refractivity contribution in [1.29, 1.82) is 0 Å². The van der Waals surface area contributed by atoms with E-state index in [4.69, 9.17) is 20.1 Å². The smallest absolute Gasteiger partial charge is 0.329 e. The summed E-state index contributed by atoms with van der Waals surface area (Å²) in [4.78, 5) is 37.1. The van der Waals surface area contributed by atoms with E-state index >= 15 is 0 Å². The van der Waals surface area contributed by atoms with Crippen LogP contribution in [0.1, 0.15) is 92.1 Å². The third-order valence-electron chi connectivity index (χ3n) is 9.03. The van der Waals surface area contributed by atoms with Crippen LogP contribution in [0.3, 0.4) is 0 Å². The van der Waals surface area contributed by atoms with Gasteiger partial charge in [0.25, 0.3) is 0 Å². The lowest BCUT2D eigenvalue weighted by molar-refractivity contribution is -0.158. The number of hydrogen-bond acceptors (Lipinski definition) is 7. The van der Waals surface area contributed by atoms with E-state index in [2.05, 4.69) is 33.0 Å². The molecule has 4 unspecified atom stereocenters. The van der Waals surface area contributed by atoms with Crippen molar-refractivity contribution in [2.45, 2.75) is 111 Å². The van der Waals surface area contributed by atoms with Gasteiger partial charge in [0.1, 0.15) is 6.04 Å². The van der Waals surface area contributed by atoms with Gasteiger partial charge in [-0.05, 0) is 93.2 Å². The summed E-state index contributed by atoms with van der Waals surface area (Å²) in [6, 6.07) is 4.07. The molecule has 9 nitrogen and oxygen atoms in total. The number of hydrogen-bond donors (Lipinski definition) is 4. The Morgan fingerprint density at radius 2 is 1.85 bits per heavy atom. The molecule has 2 fully saturated rings. The molecule has 1 saturated carbocycles. The fraction of sp³-hybridized carbons (Fsp3) is 0.710. The van der Waals surface area contributed by atoms with Gasteiger partial charge in [-0.3, -0.25) is 9.59 Å². The van der Waals surface area contributed by atoms with Crippen molar-refractivity contribution in [1.82, 2.24) is 10.2 Å². The van der Waals surface area contributed by atoms with E-state index in [0.29, 0.717) is 56.5 Å². The number of nitrogens with zero attached hydrogens (tertiary/aromatic N) is 1. The van der Waals surface area contributed by atoms with Gasteiger partial charge in [0.15, 0.2) is 11.5 Å². The first-order valence-electron chi connectivity index (χ1n) is 14.6. The number of amides is 2. The van der Waals surface area contributed by atoms with E-state index in [-0.39, 0.29) is 34.9 Å². The average Bonchev–Trinajstić information content (AvgIpc) is 3.43. The van der Waals surface area contributed by atoms with Gasteiger partial charge in [0, 0.05) is 19.5 Å². The summed E-state index contributed by atoms with van der Waals surface area (Å²) in [6.45, 7) is 14.1. The Morgan fingerprint density at radius 3 is 2.42 bits per heavy atom. The quantitative estimate of drug-likeness (QED) is 0.137. The molecule has 2 aliphatic rings. The van der Waals surface area contributed by atoms with E-state index in [9.17, 15) is 14.4 Å². The molecule has 1 saturated heterocycles. The Morgan fingerprint density at radius 1 is 1.15 bits per heavy atom. The predicted octanol–water partition coefficient (Wildman–Crippen LogP) is 4.31. The van der Waals surface area contributed by atoms with Crippen molar-refractivity contribution < 1.29 is 34.4 Å². The summed E-state index contributed by atoms with van der Waals surface area (Å²) >= 11 is 0. The maximum atomic E-state index is 12.7. The molecular formula is C31H50N2O7.